The molecule has 142 valence electrons. The number of nitrogens with zero attached hydrogens (tertiary/aromatic N) is 1. The van der Waals surface area contributed by atoms with Crippen molar-refractivity contribution in [3.8, 4) is 5.75 Å². The highest BCUT2D eigenvalue weighted by atomic mass is 16.5. The summed E-state index contributed by atoms with van der Waals surface area (Å²) in [4.78, 5) is 26.9. The second kappa shape index (κ2) is 8.71. The van der Waals surface area contributed by atoms with Crippen molar-refractivity contribution in [2.24, 2.45) is 5.92 Å². The molecule has 2 aromatic rings. The van der Waals surface area contributed by atoms with Crippen molar-refractivity contribution < 1.29 is 14.3 Å². The third-order valence-corrected chi connectivity index (χ3v) is 5.17. The third kappa shape index (κ3) is 4.48. The number of carbonyl (C=O) groups excluding carboxylic acids is 2. The van der Waals surface area contributed by atoms with Gasteiger partial charge in [-0.05, 0) is 23.3 Å². The molecular formula is C22H26N2O3. The average molecular weight is 366 g/mol. The van der Waals surface area contributed by atoms with E-state index in [1.807, 2.05) is 66.4 Å². The molecule has 0 radical (unpaired) electrons. The lowest BCUT2D eigenvalue weighted by molar-refractivity contribution is -0.130. The molecule has 1 aliphatic heterocycles. The SMILES string of the molecule is CCC(=O)N1CC(C(=O)NCc2ccccc2)C(c2ccc(OC)cc2)C1. The van der Waals surface area contributed by atoms with E-state index in [4.69, 9.17) is 4.74 Å². The molecule has 2 atom stereocenters. The summed E-state index contributed by atoms with van der Waals surface area (Å²) in [7, 11) is 1.63. The number of amides is 2. The van der Waals surface area contributed by atoms with Crippen LogP contribution in [-0.2, 0) is 16.1 Å². The molecule has 0 saturated carbocycles. The highest BCUT2D eigenvalue weighted by Crippen LogP contribution is 2.34. The Kier molecular flexibility index (Phi) is 6.12. The Morgan fingerprint density at radius 2 is 1.78 bits per heavy atom. The Morgan fingerprint density at radius 3 is 2.41 bits per heavy atom. The minimum atomic E-state index is -0.252. The summed E-state index contributed by atoms with van der Waals surface area (Å²) in [6, 6.07) is 17.6. The number of hydrogen-bond donors (Lipinski definition) is 1. The smallest absolute Gasteiger partial charge is 0.225 e. The maximum absolute atomic E-state index is 12.9. The van der Waals surface area contributed by atoms with Crippen LogP contribution in [0.1, 0.15) is 30.4 Å². The van der Waals surface area contributed by atoms with Crippen LogP contribution in [0.5, 0.6) is 5.75 Å². The molecule has 1 aliphatic rings. The van der Waals surface area contributed by atoms with Crippen LogP contribution in [0, 0.1) is 5.92 Å². The molecular weight excluding hydrogens is 340 g/mol. The van der Waals surface area contributed by atoms with Gasteiger partial charge >= 0.3 is 0 Å². The minimum absolute atomic E-state index is 0.00826. The zero-order valence-electron chi connectivity index (χ0n) is 15.9. The Bertz CT molecular complexity index is 774. The van der Waals surface area contributed by atoms with Crippen molar-refractivity contribution in [3.63, 3.8) is 0 Å². The number of ether oxygens (including phenoxy) is 1. The first-order valence-corrected chi connectivity index (χ1v) is 9.35. The van der Waals surface area contributed by atoms with Crippen LogP contribution in [0.15, 0.2) is 54.6 Å². The molecule has 27 heavy (non-hydrogen) atoms. The summed E-state index contributed by atoms with van der Waals surface area (Å²) in [6.07, 6.45) is 0.452. The van der Waals surface area contributed by atoms with Gasteiger partial charge in [0.25, 0.3) is 0 Å². The fraction of sp³-hybridized carbons (Fsp3) is 0.364. The summed E-state index contributed by atoms with van der Waals surface area (Å²) in [5, 5.41) is 3.04. The van der Waals surface area contributed by atoms with Gasteiger partial charge in [-0.25, -0.2) is 0 Å². The van der Waals surface area contributed by atoms with Crippen molar-refractivity contribution >= 4 is 11.8 Å². The van der Waals surface area contributed by atoms with Crippen LogP contribution in [0.4, 0.5) is 0 Å². The van der Waals surface area contributed by atoms with Gasteiger partial charge in [-0.15, -0.1) is 0 Å². The second-order valence-corrected chi connectivity index (χ2v) is 6.84. The molecule has 1 fully saturated rings. The van der Waals surface area contributed by atoms with E-state index in [0.29, 0.717) is 26.1 Å². The van der Waals surface area contributed by atoms with Crippen LogP contribution in [0.3, 0.4) is 0 Å². The van der Waals surface area contributed by atoms with Gasteiger partial charge in [0.15, 0.2) is 0 Å². The molecule has 0 bridgehead atoms. The highest BCUT2D eigenvalue weighted by Gasteiger charge is 2.39. The molecule has 1 heterocycles. The minimum Gasteiger partial charge on any atom is -0.497 e. The van der Waals surface area contributed by atoms with E-state index in [1.165, 1.54) is 0 Å². The van der Waals surface area contributed by atoms with Crippen LogP contribution in [0.2, 0.25) is 0 Å². The fourth-order valence-electron chi connectivity index (χ4n) is 3.60. The first-order valence-electron chi connectivity index (χ1n) is 9.35. The number of nitrogens with one attached hydrogen (secondary N) is 1. The lowest BCUT2D eigenvalue weighted by Crippen LogP contribution is -2.35. The van der Waals surface area contributed by atoms with E-state index in [-0.39, 0.29) is 23.7 Å². The van der Waals surface area contributed by atoms with Crippen LogP contribution >= 0.6 is 0 Å². The standard InChI is InChI=1S/C22H26N2O3/c1-3-21(25)24-14-19(17-9-11-18(27-2)12-10-17)20(15-24)22(26)23-13-16-7-5-4-6-8-16/h4-12,19-20H,3,13-15H2,1-2H3,(H,23,26). The molecule has 0 aromatic heterocycles. The van der Waals surface area contributed by atoms with Crippen LogP contribution in [-0.4, -0.2) is 36.9 Å². The molecule has 0 spiro atoms. The Labute approximate surface area is 160 Å². The van der Waals surface area contributed by atoms with Gasteiger partial charge < -0.3 is 15.0 Å². The lowest BCUT2D eigenvalue weighted by atomic mass is 9.88. The van der Waals surface area contributed by atoms with Gasteiger partial charge in [0.2, 0.25) is 11.8 Å². The molecule has 1 N–H and O–H groups in total. The predicted octanol–water partition coefficient (Wildman–Crippen LogP) is 2.96. The van der Waals surface area contributed by atoms with Gasteiger partial charge in [-0.2, -0.15) is 0 Å². The predicted molar refractivity (Wildman–Crippen MR) is 104 cm³/mol. The van der Waals surface area contributed by atoms with Crippen molar-refractivity contribution in [1.82, 2.24) is 10.2 Å². The van der Waals surface area contributed by atoms with E-state index in [0.717, 1.165) is 16.9 Å². The summed E-state index contributed by atoms with van der Waals surface area (Å²) in [5.41, 5.74) is 2.12. The maximum Gasteiger partial charge on any atom is 0.225 e. The number of rotatable bonds is 6. The summed E-state index contributed by atoms with van der Waals surface area (Å²) >= 11 is 0. The average Bonchev–Trinajstić information content (AvgIpc) is 3.18. The van der Waals surface area contributed by atoms with E-state index in [1.54, 1.807) is 7.11 Å². The molecule has 5 nitrogen and oxygen atoms in total. The third-order valence-electron chi connectivity index (χ3n) is 5.17. The zero-order valence-corrected chi connectivity index (χ0v) is 15.9. The number of carbonyl (C=O) groups is 2. The topological polar surface area (TPSA) is 58.6 Å². The number of methoxy groups -OCH3 is 1. The highest BCUT2D eigenvalue weighted by molar-refractivity contribution is 5.83. The first kappa shape index (κ1) is 19.0. The molecule has 2 amide bonds. The van der Waals surface area contributed by atoms with Crippen molar-refractivity contribution in [2.75, 3.05) is 20.2 Å². The summed E-state index contributed by atoms with van der Waals surface area (Å²) in [6.45, 7) is 3.38. The maximum atomic E-state index is 12.9. The first-order chi connectivity index (χ1) is 13.1. The normalized spacial score (nSPS) is 19.0. The van der Waals surface area contributed by atoms with E-state index >= 15 is 0 Å². The second-order valence-electron chi connectivity index (χ2n) is 6.84. The van der Waals surface area contributed by atoms with Crippen LogP contribution < -0.4 is 10.1 Å². The number of likely N-dealkylation sites (tertiary alicyclic amines) is 1. The van der Waals surface area contributed by atoms with E-state index in [2.05, 4.69) is 5.32 Å². The molecule has 3 rings (SSSR count). The lowest BCUT2D eigenvalue weighted by Gasteiger charge is -2.18. The van der Waals surface area contributed by atoms with Gasteiger partial charge in [-0.1, -0.05) is 49.4 Å². The van der Waals surface area contributed by atoms with Crippen molar-refractivity contribution in [2.45, 2.75) is 25.8 Å². The van der Waals surface area contributed by atoms with Gasteiger partial charge in [0.1, 0.15) is 5.75 Å². The largest absolute Gasteiger partial charge is 0.497 e. The summed E-state index contributed by atoms with van der Waals surface area (Å²) in [5.74, 6) is 0.598. The molecule has 2 unspecified atom stereocenters. The van der Waals surface area contributed by atoms with E-state index < -0.39 is 0 Å². The number of benzene rings is 2. The van der Waals surface area contributed by atoms with Gasteiger partial charge in [0, 0.05) is 32.0 Å². The van der Waals surface area contributed by atoms with Crippen molar-refractivity contribution in [1.29, 1.82) is 0 Å². The Balaban J connectivity index is 1.75. The van der Waals surface area contributed by atoms with Crippen LogP contribution in [0.25, 0.3) is 0 Å². The monoisotopic (exact) mass is 366 g/mol. The molecule has 2 aromatic carbocycles. The quantitative estimate of drug-likeness (QED) is 0.855. The van der Waals surface area contributed by atoms with Crippen molar-refractivity contribution in [3.05, 3.63) is 65.7 Å². The number of hydrogen-bond acceptors (Lipinski definition) is 3. The van der Waals surface area contributed by atoms with Gasteiger partial charge in [-0.3, -0.25) is 9.59 Å². The Hall–Kier alpha value is -2.82. The Morgan fingerprint density at radius 1 is 1.07 bits per heavy atom. The zero-order chi connectivity index (χ0) is 19.2. The molecule has 1 saturated heterocycles. The fourth-order valence-corrected chi connectivity index (χ4v) is 3.60. The molecule has 5 heteroatoms. The molecule has 0 aliphatic carbocycles. The van der Waals surface area contributed by atoms with Gasteiger partial charge in [0.05, 0.1) is 13.0 Å². The summed E-state index contributed by atoms with van der Waals surface area (Å²) < 4.78 is 5.23. The van der Waals surface area contributed by atoms with E-state index in [9.17, 15) is 9.59 Å².